The maximum absolute atomic E-state index is 12.5. The van der Waals surface area contributed by atoms with Gasteiger partial charge in [0.05, 0.1) is 12.5 Å². The highest BCUT2D eigenvalue weighted by atomic mass is 32.1. The quantitative estimate of drug-likeness (QED) is 0.764. The Kier molecular flexibility index (Phi) is 5.71. The van der Waals surface area contributed by atoms with E-state index in [1.807, 2.05) is 17.5 Å². The van der Waals surface area contributed by atoms with Gasteiger partial charge in [-0.05, 0) is 52.0 Å². The van der Waals surface area contributed by atoms with Crippen LogP contribution in [0.15, 0.2) is 17.5 Å². The zero-order chi connectivity index (χ0) is 18.0. The molecule has 0 bridgehead atoms. The van der Waals surface area contributed by atoms with Crippen LogP contribution in [0.25, 0.3) is 0 Å². The van der Waals surface area contributed by atoms with E-state index in [1.54, 1.807) is 11.3 Å². The second-order valence-electron chi connectivity index (χ2n) is 8.04. The molecule has 2 rings (SSSR count). The van der Waals surface area contributed by atoms with Gasteiger partial charge in [-0.3, -0.25) is 9.59 Å². The van der Waals surface area contributed by atoms with Crippen molar-refractivity contribution in [3.05, 3.63) is 22.4 Å². The van der Waals surface area contributed by atoms with Crippen molar-refractivity contribution < 1.29 is 9.59 Å². The molecule has 134 valence electrons. The van der Waals surface area contributed by atoms with Crippen LogP contribution < -0.4 is 16.0 Å². The monoisotopic (exact) mass is 351 g/mol. The highest BCUT2D eigenvalue weighted by Crippen LogP contribution is 2.29. The summed E-state index contributed by atoms with van der Waals surface area (Å²) in [6, 6.07) is 3.77. The smallest absolute Gasteiger partial charge is 0.222 e. The first kappa shape index (κ1) is 18.9. The van der Waals surface area contributed by atoms with Crippen LogP contribution in [0.4, 0.5) is 0 Å². The van der Waals surface area contributed by atoms with Crippen LogP contribution >= 0.6 is 11.3 Å². The Labute approximate surface area is 148 Å². The zero-order valence-electron chi connectivity index (χ0n) is 15.2. The summed E-state index contributed by atoms with van der Waals surface area (Å²) in [4.78, 5) is 25.0. The van der Waals surface area contributed by atoms with Crippen molar-refractivity contribution in [2.45, 2.75) is 77.0 Å². The van der Waals surface area contributed by atoms with Gasteiger partial charge in [0, 0.05) is 28.9 Å². The van der Waals surface area contributed by atoms with E-state index in [2.05, 4.69) is 43.6 Å². The molecule has 1 atom stereocenters. The molecule has 6 heteroatoms. The van der Waals surface area contributed by atoms with Crippen LogP contribution in [-0.2, 0) is 9.59 Å². The molecule has 5 nitrogen and oxygen atoms in total. The predicted molar refractivity (Wildman–Crippen MR) is 98.0 cm³/mol. The van der Waals surface area contributed by atoms with Gasteiger partial charge in [0.1, 0.15) is 0 Å². The van der Waals surface area contributed by atoms with Crippen LogP contribution in [0.2, 0.25) is 0 Å². The predicted octanol–water partition coefficient (Wildman–Crippen LogP) is 2.74. The van der Waals surface area contributed by atoms with Gasteiger partial charge in [0.2, 0.25) is 11.8 Å². The summed E-state index contributed by atoms with van der Waals surface area (Å²) in [5.41, 5.74) is -0.0189. The Morgan fingerprint density at radius 2 is 1.92 bits per heavy atom. The molecular weight excluding hydrogens is 322 g/mol. The van der Waals surface area contributed by atoms with Gasteiger partial charge in [-0.15, -0.1) is 11.3 Å². The van der Waals surface area contributed by atoms with E-state index in [1.165, 1.54) is 6.92 Å². The fraction of sp³-hybridized carbons (Fsp3) is 0.667. The fourth-order valence-electron chi connectivity index (χ4n) is 3.85. The average Bonchev–Trinajstić information content (AvgIpc) is 2.86. The van der Waals surface area contributed by atoms with Crippen molar-refractivity contribution in [3.8, 4) is 0 Å². The van der Waals surface area contributed by atoms with Gasteiger partial charge < -0.3 is 16.0 Å². The van der Waals surface area contributed by atoms with E-state index in [0.717, 1.165) is 17.7 Å². The zero-order valence-corrected chi connectivity index (χ0v) is 16.0. The number of thiophene rings is 1. The first-order valence-corrected chi connectivity index (χ1v) is 9.33. The van der Waals surface area contributed by atoms with Crippen molar-refractivity contribution in [3.63, 3.8) is 0 Å². The molecule has 1 aliphatic rings. The maximum atomic E-state index is 12.5. The second-order valence-corrected chi connectivity index (χ2v) is 9.02. The van der Waals surface area contributed by atoms with Crippen LogP contribution in [0.3, 0.4) is 0 Å². The third-order valence-corrected chi connectivity index (χ3v) is 5.19. The van der Waals surface area contributed by atoms with Crippen LogP contribution in [0.5, 0.6) is 0 Å². The van der Waals surface area contributed by atoms with E-state index < -0.39 is 0 Å². The molecule has 24 heavy (non-hydrogen) atoms. The van der Waals surface area contributed by atoms with Gasteiger partial charge in [-0.1, -0.05) is 6.07 Å². The Morgan fingerprint density at radius 1 is 1.29 bits per heavy atom. The number of rotatable bonds is 5. The molecule has 0 saturated carbocycles. The van der Waals surface area contributed by atoms with Crippen molar-refractivity contribution in [2.24, 2.45) is 0 Å². The normalized spacial score (nSPS) is 21.0. The van der Waals surface area contributed by atoms with Gasteiger partial charge in [0.25, 0.3) is 0 Å². The van der Waals surface area contributed by atoms with E-state index >= 15 is 0 Å². The molecule has 1 aromatic heterocycles. The number of nitrogens with one attached hydrogen (secondary N) is 3. The minimum Gasteiger partial charge on any atom is -0.353 e. The lowest BCUT2D eigenvalue weighted by atomic mass is 9.79. The lowest BCUT2D eigenvalue weighted by Gasteiger charge is -2.46. The summed E-state index contributed by atoms with van der Waals surface area (Å²) in [5.74, 6) is -0.133. The summed E-state index contributed by atoms with van der Waals surface area (Å²) in [6.45, 7) is 10.1. The molecule has 3 N–H and O–H groups in total. The molecular formula is C18H29N3O2S. The van der Waals surface area contributed by atoms with E-state index in [0.29, 0.717) is 0 Å². The number of hydrogen-bond acceptors (Lipinski definition) is 4. The molecule has 0 aliphatic carbocycles. The lowest BCUT2D eigenvalue weighted by Crippen LogP contribution is -2.62. The van der Waals surface area contributed by atoms with Crippen molar-refractivity contribution in [1.29, 1.82) is 0 Å². The second kappa shape index (κ2) is 7.23. The summed E-state index contributed by atoms with van der Waals surface area (Å²) in [5, 5.41) is 11.6. The van der Waals surface area contributed by atoms with Crippen LogP contribution in [0.1, 0.15) is 64.8 Å². The highest BCUT2D eigenvalue weighted by molar-refractivity contribution is 7.10. The first-order chi connectivity index (χ1) is 11.1. The fourth-order valence-corrected chi connectivity index (χ4v) is 4.63. The number of hydrogen-bond donors (Lipinski definition) is 3. The highest BCUT2D eigenvalue weighted by Gasteiger charge is 2.38. The molecule has 1 aliphatic heterocycles. The standard InChI is InChI=1S/C18H29N3O2S/c1-12(22)19-14(15-7-6-8-24-15)9-16(23)20-13-10-17(2,3)21-18(4,5)11-13/h6-8,13-14,21H,9-11H2,1-5H3,(H,19,22)(H,20,23)/t14-/m1/s1. The number of carbonyl (C=O) groups is 2. The molecule has 1 saturated heterocycles. The first-order valence-electron chi connectivity index (χ1n) is 8.45. The molecule has 1 fully saturated rings. The van der Waals surface area contributed by atoms with Crippen molar-refractivity contribution in [1.82, 2.24) is 16.0 Å². The Bertz CT molecular complexity index is 565. The Balaban J connectivity index is 1.99. The Morgan fingerprint density at radius 3 is 2.42 bits per heavy atom. The maximum Gasteiger partial charge on any atom is 0.222 e. The summed E-state index contributed by atoms with van der Waals surface area (Å²) in [6.07, 6.45) is 2.06. The molecule has 2 heterocycles. The topological polar surface area (TPSA) is 70.2 Å². The summed E-state index contributed by atoms with van der Waals surface area (Å²) < 4.78 is 0. The van der Waals surface area contributed by atoms with Gasteiger partial charge >= 0.3 is 0 Å². The molecule has 0 unspecified atom stereocenters. The molecule has 0 aromatic carbocycles. The molecule has 0 spiro atoms. The number of piperidine rings is 1. The van der Waals surface area contributed by atoms with E-state index in [9.17, 15) is 9.59 Å². The van der Waals surface area contributed by atoms with E-state index in [4.69, 9.17) is 0 Å². The number of amides is 2. The SMILES string of the molecule is CC(=O)N[C@H](CC(=O)NC1CC(C)(C)NC(C)(C)C1)c1cccs1. The minimum absolute atomic E-state index is 0.00944. The van der Waals surface area contributed by atoms with Gasteiger partial charge in [-0.2, -0.15) is 0 Å². The van der Waals surface area contributed by atoms with Crippen molar-refractivity contribution in [2.75, 3.05) is 0 Å². The molecule has 2 amide bonds. The lowest BCUT2D eigenvalue weighted by molar-refractivity contribution is -0.123. The van der Waals surface area contributed by atoms with Crippen LogP contribution in [0, 0.1) is 0 Å². The molecule has 1 aromatic rings. The third kappa shape index (κ3) is 5.60. The third-order valence-electron chi connectivity index (χ3n) is 4.21. The van der Waals surface area contributed by atoms with Crippen LogP contribution in [-0.4, -0.2) is 28.9 Å². The van der Waals surface area contributed by atoms with Crippen molar-refractivity contribution >= 4 is 23.2 Å². The summed E-state index contributed by atoms with van der Waals surface area (Å²) in [7, 11) is 0. The minimum atomic E-state index is -0.259. The summed E-state index contributed by atoms with van der Waals surface area (Å²) >= 11 is 1.56. The Hall–Kier alpha value is -1.40. The average molecular weight is 352 g/mol. The van der Waals surface area contributed by atoms with Gasteiger partial charge in [-0.25, -0.2) is 0 Å². The van der Waals surface area contributed by atoms with E-state index in [-0.39, 0.29) is 41.4 Å². The molecule has 0 radical (unpaired) electrons. The largest absolute Gasteiger partial charge is 0.353 e. The number of carbonyl (C=O) groups excluding carboxylic acids is 2. The van der Waals surface area contributed by atoms with Gasteiger partial charge in [0.15, 0.2) is 0 Å².